The lowest BCUT2D eigenvalue weighted by Gasteiger charge is -2.39. The van der Waals surface area contributed by atoms with Gasteiger partial charge in [0.05, 0.1) is 6.10 Å². The van der Waals surface area contributed by atoms with Crippen LogP contribution in [0, 0.1) is 11.8 Å². The maximum Gasteiger partial charge on any atom is 0.0622 e. The first kappa shape index (κ1) is 11.9. The fourth-order valence-corrected chi connectivity index (χ4v) is 2.33. The number of aliphatic hydroxyl groups excluding tert-OH is 3. The van der Waals surface area contributed by atoms with Crippen LogP contribution in [-0.4, -0.2) is 59.7 Å². The Morgan fingerprint density at radius 3 is 1.86 bits per heavy atom. The van der Waals surface area contributed by atoms with E-state index in [0.29, 0.717) is 12.8 Å². The van der Waals surface area contributed by atoms with Crippen molar-refractivity contribution in [2.45, 2.75) is 18.9 Å². The van der Waals surface area contributed by atoms with Crippen LogP contribution in [0.5, 0.6) is 0 Å². The van der Waals surface area contributed by atoms with Gasteiger partial charge in [-0.05, 0) is 19.9 Å². The minimum Gasteiger partial charge on any atom is -0.396 e. The Kier molecular flexibility index (Phi) is 4.81. The molecule has 0 aromatic carbocycles. The van der Waals surface area contributed by atoms with Gasteiger partial charge in [-0.15, -0.1) is 0 Å². The van der Waals surface area contributed by atoms with Gasteiger partial charge in [0.2, 0.25) is 0 Å². The number of hydrogen-bond donors (Lipinski definition) is 3. The molecule has 84 valence electrons. The van der Waals surface area contributed by atoms with Gasteiger partial charge in [-0.2, -0.15) is 0 Å². The molecule has 0 saturated carbocycles. The van der Waals surface area contributed by atoms with Crippen LogP contribution in [0.4, 0.5) is 0 Å². The molecule has 0 aromatic heterocycles. The van der Waals surface area contributed by atoms with Gasteiger partial charge in [-0.1, -0.05) is 0 Å². The van der Waals surface area contributed by atoms with Crippen LogP contribution in [0.2, 0.25) is 0 Å². The predicted molar refractivity (Wildman–Crippen MR) is 53.9 cm³/mol. The van der Waals surface area contributed by atoms with E-state index in [9.17, 15) is 5.11 Å². The Labute approximate surface area is 85.2 Å². The summed E-state index contributed by atoms with van der Waals surface area (Å²) in [6, 6.07) is 0. The largest absolute Gasteiger partial charge is 0.396 e. The van der Waals surface area contributed by atoms with Crippen molar-refractivity contribution in [1.82, 2.24) is 4.90 Å². The lowest BCUT2D eigenvalue weighted by atomic mass is 9.83. The summed E-state index contributed by atoms with van der Waals surface area (Å²) in [5, 5.41) is 27.7. The van der Waals surface area contributed by atoms with E-state index in [0.717, 1.165) is 13.1 Å². The second kappa shape index (κ2) is 5.66. The van der Waals surface area contributed by atoms with Crippen molar-refractivity contribution >= 4 is 0 Å². The van der Waals surface area contributed by atoms with Crippen molar-refractivity contribution < 1.29 is 15.3 Å². The zero-order chi connectivity index (χ0) is 10.6. The minimum absolute atomic E-state index is 0.126. The summed E-state index contributed by atoms with van der Waals surface area (Å²) in [5.41, 5.74) is 0. The highest BCUT2D eigenvalue weighted by Gasteiger charge is 2.33. The lowest BCUT2D eigenvalue weighted by Crippen LogP contribution is -2.48. The molecule has 4 heteroatoms. The van der Waals surface area contributed by atoms with Gasteiger partial charge >= 0.3 is 0 Å². The molecule has 2 atom stereocenters. The van der Waals surface area contributed by atoms with Crippen molar-refractivity contribution in [2.75, 3.05) is 33.4 Å². The molecule has 1 fully saturated rings. The maximum atomic E-state index is 9.96. The van der Waals surface area contributed by atoms with Crippen molar-refractivity contribution in [2.24, 2.45) is 11.8 Å². The highest BCUT2D eigenvalue weighted by molar-refractivity contribution is 4.85. The molecule has 1 rings (SSSR count). The standard InChI is InChI=1S/C10H21NO3/c1-11-6-8(2-4-12)10(14)9(7-11)3-5-13/h8-10,12-14H,2-7H2,1H3. The molecule has 1 aliphatic heterocycles. The third kappa shape index (κ3) is 2.92. The molecule has 1 saturated heterocycles. The van der Waals surface area contributed by atoms with E-state index in [1.54, 1.807) is 0 Å². The SMILES string of the molecule is CN1CC(CCO)C(O)C(CCO)C1. The molecule has 0 spiro atoms. The first-order chi connectivity index (χ1) is 6.69. The number of nitrogens with zero attached hydrogens (tertiary/aromatic N) is 1. The monoisotopic (exact) mass is 203 g/mol. The van der Waals surface area contributed by atoms with Gasteiger partial charge in [-0.3, -0.25) is 0 Å². The molecular weight excluding hydrogens is 182 g/mol. The van der Waals surface area contributed by atoms with Crippen LogP contribution < -0.4 is 0 Å². The highest BCUT2D eigenvalue weighted by atomic mass is 16.3. The van der Waals surface area contributed by atoms with E-state index in [-0.39, 0.29) is 31.2 Å². The fraction of sp³-hybridized carbons (Fsp3) is 1.00. The summed E-state index contributed by atoms with van der Waals surface area (Å²) >= 11 is 0. The van der Waals surface area contributed by atoms with Crippen LogP contribution in [0.1, 0.15) is 12.8 Å². The Morgan fingerprint density at radius 1 is 1.07 bits per heavy atom. The normalized spacial score (nSPS) is 34.7. The van der Waals surface area contributed by atoms with Gasteiger partial charge in [0, 0.05) is 38.1 Å². The molecule has 4 nitrogen and oxygen atoms in total. The molecule has 0 amide bonds. The number of piperidine rings is 1. The maximum absolute atomic E-state index is 9.96. The van der Waals surface area contributed by atoms with E-state index in [4.69, 9.17) is 10.2 Å². The van der Waals surface area contributed by atoms with Crippen molar-refractivity contribution in [3.8, 4) is 0 Å². The molecule has 1 aliphatic rings. The Hall–Kier alpha value is -0.160. The first-order valence-electron chi connectivity index (χ1n) is 5.27. The summed E-state index contributed by atoms with van der Waals surface area (Å²) in [7, 11) is 2.01. The fourth-order valence-electron chi connectivity index (χ4n) is 2.33. The summed E-state index contributed by atoms with van der Waals surface area (Å²) in [6.07, 6.45) is 0.923. The third-order valence-electron chi connectivity index (χ3n) is 3.06. The number of rotatable bonds is 4. The minimum atomic E-state index is -0.370. The summed E-state index contributed by atoms with van der Waals surface area (Å²) in [4.78, 5) is 2.16. The predicted octanol–water partition coefficient (Wildman–Crippen LogP) is -0.710. The summed E-state index contributed by atoms with van der Waals surface area (Å²) < 4.78 is 0. The highest BCUT2D eigenvalue weighted by Crippen LogP contribution is 2.25. The Bertz CT molecular complexity index is 149. The average molecular weight is 203 g/mol. The molecule has 0 aliphatic carbocycles. The lowest BCUT2D eigenvalue weighted by molar-refractivity contribution is -0.0298. The van der Waals surface area contributed by atoms with Crippen LogP contribution in [0.25, 0.3) is 0 Å². The van der Waals surface area contributed by atoms with Crippen LogP contribution in [0.15, 0.2) is 0 Å². The smallest absolute Gasteiger partial charge is 0.0622 e. The second-order valence-electron chi connectivity index (χ2n) is 4.26. The zero-order valence-corrected chi connectivity index (χ0v) is 8.76. The molecule has 0 bridgehead atoms. The quantitative estimate of drug-likeness (QED) is 0.565. The average Bonchev–Trinajstić information content (AvgIpc) is 2.14. The molecule has 0 aromatic rings. The number of aliphatic hydroxyl groups is 3. The van der Waals surface area contributed by atoms with E-state index in [1.807, 2.05) is 7.05 Å². The molecule has 1 heterocycles. The number of hydrogen-bond acceptors (Lipinski definition) is 4. The molecule has 2 unspecified atom stereocenters. The van der Waals surface area contributed by atoms with Gasteiger partial charge in [-0.25, -0.2) is 0 Å². The van der Waals surface area contributed by atoms with E-state index >= 15 is 0 Å². The molecular formula is C10H21NO3. The van der Waals surface area contributed by atoms with Gasteiger partial charge in [0.15, 0.2) is 0 Å². The van der Waals surface area contributed by atoms with Gasteiger partial charge in [0.1, 0.15) is 0 Å². The summed E-state index contributed by atoms with van der Waals surface area (Å²) in [6.45, 7) is 1.93. The zero-order valence-electron chi connectivity index (χ0n) is 8.76. The topological polar surface area (TPSA) is 63.9 Å². The van der Waals surface area contributed by atoms with E-state index in [1.165, 1.54) is 0 Å². The van der Waals surface area contributed by atoms with Crippen LogP contribution in [0.3, 0.4) is 0 Å². The van der Waals surface area contributed by atoms with Crippen LogP contribution >= 0.6 is 0 Å². The van der Waals surface area contributed by atoms with Gasteiger partial charge in [0.25, 0.3) is 0 Å². The first-order valence-corrected chi connectivity index (χ1v) is 5.27. The molecule has 0 radical (unpaired) electrons. The van der Waals surface area contributed by atoms with Crippen molar-refractivity contribution in [1.29, 1.82) is 0 Å². The second-order valence-corrected chi connectivity index (χ2v) is 4.26. The number of likely N-dealkylation sites (tertiary alicyclic amines) is 1. The van der Waals surface area contributed by atoms with Crippen LogP contribution in [-0.2, 0) is 0 Å². The van der Waals surface area contributed by atoms with E-state index in [2.05, 4.69) is 4.90 Å². The summed E-state index contributed by atoms with van der Waals surface area (Å²) in [5.74, 6) is 0.297. The third-order valence-corrected chi connectivity index (χ3v) is 3.06. The molecule has 14 heavy (non-hydrogen) atoms. The van der Waals surface area contributed by atoms with Gasteiger partial charge < -0.3 is 20.2 Å². The Morgan fingerprint density at radius 2 is 1.50 bits per heavy atom. The molecule has 3 N–H and O–H groups in total. The van der Waals surface area contributed by atoms with E-state index < -0.39 is 0 Å². The van der Waals surface area contributed by atoms with Crippen molar-refractivity contribution in [3.05, 3.63) is 0 Å². The van der Waals surface area contributed by atoms with Crippen molar-refractivity contribution in [3.63, 3.8) is 0 Å². The Balaban J connectivity index is 2.51.